The number of carbonyl (C=O) groups excluding carboxylic acids is 2. The molecular formula is C23H36BNO8. The Morgan fingerprint density at radius 2 is 1.52 bits per heavy atom. The third-order valence-electron chi connectivity index (χ3n) is 5.75. The van der Waals surface area contributed by atoms with E-state index < -0.39 is 42.0 Å². The van der Waals surface area contributed by atoms with Crippen molar-refractivity contribution < 1.29 is 37.8 Å². The first-order valence-electron chi connectivity index (χ1n) is 10.8. The highest BCUT2D eigenvalue weighted by Crippen LogP contribution is 2.38. The van der Waals surface area contributed by atoms with E-state index in [0.717, 1.165) is 0 Å². The zero-order valence-electron chi connectivity index (χ0n) is 21.3. The zero-order valence-corrected chi connectivity index (χ0v) is 21.3. The summed E-state index contributed by atoms with van der Waals surface area (Å²) in [6, 6.07) is 2.49. The van der Waals surface area contributed by atoms with Gasteiger partial charge in [-0.3, -0.25) is 0 Å². The molecule has 1 atom stereocenters. The molecule has 0 aliphatic carbocycles. The lowest BCUT2D eigenvalue weighted by Gasteiger charge is -2.32. The van der Waals surface area contributed by atoms with Gasteiger partial charge in [-0.25, -0.2) is 9.59 Å². The smallest absolute Gasteiger partial charge is 0.493 e. The first-order valence-corrected chi connectivity index (χ1v) is 10.8. The molecule has 184 valence electrons. The van der Waals surface area contributed by atoms with Crippen molar-refractivity contribution in [2.75, 3.05) is 21.3 Å². The molecule has 1 heterocycles. The predicted octanol–water partition coefficient (Wildman–Crippen LogP) is 2.61. The Morgan fingerprint density at radius 1 is 1.00 bits per heavy atom. The van der Waals surface area contributed by atoms with Crippen LogP contribution in [0.5, 0.6) is 11.5 Å². The van der Waals surface area contributed by atoms with E-state index in [4.69, 9.17) is 28.3 Å². The summed E-state index contributed by atoms with van der Waals surface area (Å²) in [6.45, 7) is 13.0. The van der Waals surface area contributed by atoms with Crippen molar-refractivity contribution in [2.24, 2.45) is 0 Å². The summed E-state index contributed by atoms with van der Waals surface area (Å²) in [6.07, 6.45) is -0.637. The van der Waals surface area contributed by atoms with Crippen molar-refractivity contribution in [3.63, 3.8) is 0 Å². The van der Waals surface area contributed by atoms with E-state index in [9.17, 15) is 9.59 Å². The molecule has 1 aliphatic heterocycles. The lowest BCUT2D eigenvalue weighted by molar-refractivity contribution is -0.143. The number of alkyl carbamates (subject to hydrolysis) is 1. The minimum atomic E-state index is -1.01. The molecule has 10 heteroatoms. The third-order valence-corrected chi connectivity index (χ3v) is 5.75. The summed E-state index contributed by atoms with van der Waals surface area (Å²) >= 11 is 0. The molecule has 1 N–H and O–H groups in total. The largest absolute Gasteiger partial charge is 0.495 e. The average Bonchev–Trinajstić information content (AvgIpc) is 2.91. The van der Waals surface area contributed by atoms with Crippen molar-refractivity contribution in [3.05, 3.63) is 17.7 Å². The van der Waals surface area contributed by atoms with Gasteiger partial charge < -0.3 is 33.6 Å². The van der Waals surface area contributed by atoms with Crippen LogP contribution in [0.1, 0.15) is 54.0 Å². The zero-order chi connectivity index (χ0) is 25.2. The number of esters is 1. The Bertz CT molecular complexity index is 862. The van der Waals surface area contributed by atoms with Gasteiger partial charge in [0.2, 0.25) is 0 Å². The van der Waals surface area contributed by atoms with E-state index >= 15 is 0 Å². The van der Waals surface area contributed by atoms with E-state index in [2.05, 4.69) is 5.32 Å². The van der Waals surface area contributed by atoms with Gasteiger partial charge >= 0.3 is 19.2 Å². The number of rotatable bonds is 7. The second-order valence-corrected chi connectivity index (χ2v) is 9.92. The number of methoxy groups -OCH3 is 3. The van der Waals surface area contributed by atoms with Crippen molar-refractivity contribution in [1.29, 1.82) is 0 Å². The van der Waals surface area contributed by atoms with E-state index in [1.54, 1.807) is 32.9 Å². The molecule has 0 spiro atoms. The van der Waals surface area contributed by atoms with Gasteiger partial charge in [0.05, 0.1) is 32.5 Å². The van der Waals surface area contributed by atoms with Crippen LogP contribution in [0.25, 0.3) is 0 Å². The molecule has 1 aromatic rings. The van der Waals surface area contributed by atoms with Crippen LogP contribution in [-0.4, -0.2) is 63.4 Å². The second kappa shape index (κ2) is 9.81. The van der Waals surface area contributed by atoms with Crippen LogP contribution >= 0.6 is 0 Å². The summed E-state index contributed by atoms with van der Waals surface area (Å²) in [5, 5.41) is 2.60. The summed E-state index contributed by atoms with van der Waals surface area (Å²) in [5.41, 5.74) is -0.539. The normalized spacial score (nSPS) is 17.8. The van der Waals surface area contributed by atoms with E-state index in [-0.39, 0.29) is 6.42 Å². The number of benzene rings is 1. The monoisotopic (exact) mass is 465 g/mol. The highest BCUT2D eigenvalue weighted by atomic mass is 16.7. The Hall–Kier alpha value is -2.46. The van der Waals surface area contributed by atoms with Crippen molar-refractivity contribution >= 4 is 24.6 Å². The average molecular weight is 465 g/mol. The molecule has 9 nitrogen and oxygen atoms in total. The molecule has 1 aliphatic rings. The minimum Gasteiger partial charge on any atom is -0.493 e. The molecule has 1 saturated heterocycles. The molecule has 1 fully saturated rings. The van der Waals surface area contributed by atoms with E-state index in [1.807, 2.05) is 27.7 Å². The molecule has 0 unspecified atom stereocenters. The maximum absolute atomic E-state index is 12.5. The van der Waals surface area contributed by atoms with Crippen LogP contribution in [-0.2, 0) is 30.0 Å². The summed E-state index contributed by atoms with van der Waals surface area (Å²) in [7, 11) is 3.60. The van der Waals surface area contributed by atoms with Gasteiger partial charge in [0.25, 0.3) is 0 Å². The number of ether oxygens (including phenoxy) is 4. The van der Waals surface area contributed by atoms with Gasteiger partial charge in [-0.05, 0) is 71.6 Å². The summed E-state index contributed by atoms with van der Waals surface area (Å²) < 4.78 is 33.6. The van der Waals surface area contributed by atoms with Gasteiger partial charge in [0.15, 0.2) is 11.5 Å². The Balaban J connectivity index is 2.47. The highest BCUT2D eigenvalue weighted by Gasteiger charge is 2.52. The fourth-order valence-electron chi connectivity index (χ4n) is 3.31. The van der Waals surface area contributed by atoms with E-state index in [1.165, 1.54) is 21.3 Å². The Labute approximate surface area is 196 Å². The predicted molar refractivity (Wildman–Crippen MR) is 124 cm³/mol. The molecule has 1 aromatic carbocycles. The van der Waals surface area contributed by atoms with Crippen LogP contribution in [0.15, 0.2) is 12.1 Å². The number of hydrogen-bond acceptors (Lipinski definition) is 8. The first kappa shape index (κ1) is 26.8. The standard InChI is InChI=1S/C23H36BNO8/c1-21(2,3)31-20(27)25-16(19(26)30-10)11-14-12-17(28-8)18(29-9)13-15(14)24-32-22(4,5)23(6,7)33-24/h12-13,16H,11H2,1-10H3,(H,25,27)/t16-/m0/s1. The summed E-state index contributed by atoms with van der Waals surface area (Å²) in [5.74, 6) is 0.338. The maximum Gasteiger partial charge on any atom is 0.495 e. The van der Waals surface area contributed by atoms with Gasteiger partial charge in [0, 0.05) is 6.42 Å². The molecule has 1 amide bonds. The number of carbonyl (C=O) groups is 2. The lowest BCUT2D eigenvalue weighted by atomic mass is 9.74. The van der Waals surface area contributed by atoms with Crippen LogP contribution in [0.4, 0.5) is 4.79 Å². The van der Waals surface area contributed by atoms with Crippen molar-refractivity contribution in [2.45, 2.75) is 77.7 Å². The van der Waals surface area contributed by atoms with Gasteiger partial charge in [-0.15, -0.1) is 0 Å². The third kappa shape index (κ3) is 6.32. The van der Waals surface area contributed by atoms with Gasteiger partial charge in [0.1, 0.15) is 11.6 Å². The topological polar surface area (TPSA) is 102 Å². The van der Waals surface area contributed by atoms with Crippen LogP contribution in [0.2, 0.25) is 0 Å². The fraction of sp³-hybridized carbons (Fsp3) is 0.652. The molecule has 0 bridgehead atoms. The van der Waals surface area contributed by atoms with Gasteiger partial charge in [-0.1, -0.05) is 0 Å². The van der Waals surface area contributed by atoms with Crippen LogP contribution in [0.3, 0.4) is 0 Å². The Kier molecular flexibility index (Phi) is 7.96. The molecule has 0 saturated carbocycles. The molecular weight excluding hydrogens is 429 g/mol. The first-order chi connectivity index (χ1) is 15.1. The summed E-state index contributed by atoms with van der Waals surface area (Å²) in [4.78, 5) is 24.9. The van der Waals surface area contributed by atoms with Crippen molar-refractivity contribution in [3.8, 4) is 11.5 Å². The minimum absolute atomic E-state index is 0.0890. The number of amides is 1. The Morgan fingerprint density at radius 3 is 1.97 bits per heavy atom. The molecule has 2 rings (SSSR count). The molecule has 0 aromatic heterocycles. The van der Waals surface area contributed by atoms with Gasteiger partial charge in [-0.2, -0.15) is 0 Å². The SMILES string of the molecule is COC(=O)[C@H](Cc1cc(OC)c(OC)cc1B1OC(C)(C)C(C)(C)O1)NC(=O)OC(C)(C)C. The highest BCUT2D eigenvalue weighted by molar-refractivity contribution is 6.62. The van der Waals surface area contributed by atoms with Crippen LogP contribution in [0, 0.1) is 0 Å². The quantitative estimate of drug-likeness (QED) is 0.485. The number of hydrogen-bond donors (Lipinski definition) is 1. The number of nitrogens with one attached hydrogen (secondary N) is 1. The fourth-order valence-corrected chi connectivity index (χ4v) is 3.31. The van der Waals surface area contributed by atoms with Crippen LogP contribution < -0.4 is 20.3 Å². The van der Waals surface area contributed by atoms with E-state index in [0.29, 0.717) is 22.5 Å². The van der Waals surface area contributed by atoms with Crippen molar-refractivity contribution in [1.82, 2.24) is 5.32 Å². The molecule has 33 heavy (non-hydrogen) atoms. The second-order valence-electron chi connectivity index (χ2n) is 9.92. The maximum atomic E-state index is 12.5. The molecule has 0 radical (unpaired) electrons. The lowest BCUT2D eigenvalue weighted by Crippen LogP contribution is -2.47.